The molecular formula is C10H13BrN2. The molecule has 0 bridgehead atoms. The Morgan fingerprint density at radius 3 is 2.92 bits per heavy atom. The topological polar surface area (TPSA) is 24.9 Å². The zero-order chi connectivity index (χ0) is 9.64. The van der Waals surface area contributed by atoms with Crippen LogP contribution in [0.2, 0.25) is 0 Å². The van der Waals surface area contributed by atoms with E-state index in [0.29, 0.717) is 0 Å². The number of halogens is 1. The number of nitrogens with zero attached hydrogens (tertiary/aromatic N) is 1. The molecule has 0 saturated carbocycles. The van der Waals surface area contributed by atoms with Gasteiger partial charge in [-0.05, 0) is 48.3 Å². The first kappa shape index (κ1) is 9.00. The van der Waals surface area contributed by atoms with Crippen LogP contribution in [0.25, 0.3) is 0 Å². The molecule has 1 aliphatic heterocycles. The molecule has 0 saturated heterocycles. The number of hydrogen-bond donors (Lipinski definition) is 1. The van der Waals surface area contributed by atoms with E-state index >= 15 is 0 Å². The van der Waals surface area contributed by atoms with Gasteiger partial charge < -0.3 is 5.32 Å². The van der Waals surface area contributed by atoms with Gasteiger partial charge in [-0.1, -0.05) is 0 Å². The van der Waals surface area contributed by atoms with Crippen molar-refractivity contribution in [2.45, 2.75) is 32.7 Å². The number of hydrogen-bond acceptors (Lipinski definition) is 2. The Kier molecular flexibility index (Phi) is 1.88. The SMILES string of the molecule is Cc1cc2c(nc1Br)CC(C)(C)N2. The summed E-state index contributed by atoms with van der Waals surface area (Å²) < 4.78 is 0.964. The lowest BCUT2D eigenvalue weighted by Crippen LogP contribution is -2.27. The van der Waals surface area contributed by atoms with Crippen molar-refractivity contribution < 1.29 is 0 Å². The normalized spacial score (nSPS) is 18.2. The minimum atomic E-state index is 0.155. The lowest BCUT2D eigenvalue weighted by molar-refractivity contribution is 0.588. The van der Waals surface area contributed by atoms with Gasteiger partial charge in [0.05, 0.1) is 11.4 Å². The fraction of sp³-hybridized carbons (Fsp3) is 0.500. The summed E-state index contributed by atoms with van der Waals surface area (Å²) in [4.78, 5) is 4.50. The zero-order valence-electron chi connectivity index (χ0n) is 8.11. The van der Waals surface area contributed by atoms with Crippen LogP contribution in [0.1, 0.15) is 25.1 Å². The van der Waals surface area contributed by atoms with Gasteiger partial charge in [-0.25, -0.2) is 4.98 Å². The van der Waals surface area contributed by atoms with E-state index in [1.807, 2.05) is 0 Å². The van der Waals surface area contributed by atoms with Crippen LogP contribution in [-0.2, 0) is 6.42 Å². The second kappa shape index (κ2) is 2.71. The summed E-state index contributed by atoms with van der Waals surface area (Å²) in [6, 6.07) is 2.15. The Labute approximate surface area is 86.9 Å². The first-order chi connectivity index (χ1) is 5.98. The van der Waals surface area contributed by atoms with Crippen LogP contribution in [0.15, 0.2) is 10.7 Å². The second-order valence-corrected chi connectivity index (χ2v) is 5.03. The molecule has 0 fully saturated rings. The van der Waals surface area contributed by atoms with E-state index in [0.717, 1.165) is 11.0 Å². The number of nitrogens with one attached hydrogen (secondary N) is 1. The van der Waals surface area contributed by atoms with Gasteiger partial charge in [0.2, 0.25) is 0 Å². The van der Waals surface area contributed by atoms with Crippen molar-refractivity contribution in [1.29, 1.82) is 0 Å². The first-order valence-electron chi connectivity index (χ1n) is 4.42. The molecule has 13 heavy (non-hydrogen) atoms. The quantitative estimate of drug-likeness (QED) is 0.706. The highest BCUT2D eigenvalue weighted by Crippen LogP contribution is 2.32. The molecule has 1 aliphatic rings. The third kappa shape index (κ3) is 1.57. The molecule has 2 heterocycles. The predicted molar refractivity (Wildman–Crippen MR) is 58.1 cm³/mol. The Morgan fingerprint density at radius 2 is 2.23 bits per heavy atom. The van der Waals surface area contributed by atoms with Crippen LogP contribution in [0.3, 0.4) is 0 Å². The Morgan fingerprint density at radius 1 is 1.54 bits per heavy atom. The molecule has 70 valence electrons. The van der Waals surface area contributed by atoms with Gasteiger partial charge in [0.15, 0.2) is 0 Å². The monoisotopic (exact) mass is 240 g/mol. The smallest absolute Gasteiger partial charge is 0.109 e. The van der Waals surface area contributed by atoms with Crippen molar-refractivity contribution in [3.05, 3.63) is 21.9 Å². The van der Waals surface area contributed by atoms with Crippen molar-refractivity contribution in [3.63, 3.8) is 0 Å². The van der Waals surface area contributed by atoms with Crippen LogP contribution < -0.4 is 5.32 Å². The van der Waals surface area contributed by atoms with Crippen LogP contribution >= 0.6 is 15.9 Å². The number of rotatable bonds is 0. The van der Waals surface area contributed by atoms with E-state index in [9.17, 15) is 0 Å². The molecule has 3 heteroatoms. The lowest BCUT2D eigenvalue weighted by Gasteiger charge is -2.17. The van der Waals surface area contributed by atoms with E-state index in [4.69, 9.17) is 0 Å². The number of aryl methyl sites for hydroxylation is 1. The second-order valence-electron chi connectivity index (χ2n) is 4.28. The molecule has 0 spiro atoms. The van der Waals surface area contributed by atoms with Gasteiger partial charge in [-0.3, -0.25) is 0 Å². The van der Waals surface area contributed by atoms with E-state index in [-0.39, 0.29) is 5.54 Å². The summed E-state index contributed by atoms with van der Waals surface area (Å²) in [6.07, 6.45) is 1.00. The van der Waals surface area contributed by atoms with E-state index < -0.39 is 0 Å². The summed E-state index contributed by atoms with van der Waals surface area (Å²) in [5, 5.41) is 3.46. The maximum atomic E-state index is 4.50. The van der Waals surface area contributed by atoms with Crippen molar-refractivity contribution in [1.82, 2.24) is 4.98 Å². The Hall–Kier alpha value is -0.570. The molecule has 0 aromatic carbocycles. The fourth-order valence-corrected chi connectivity index (χ4v) is 2.03. The third-order valence-corrected chi connectivity index (χ3v) is 3.12. The molecule has 0 atom stereocenters. The highest BCUT2D eigenvalue weighted by atomic mass is 79.9. The van der Waals surface area contributed by atoms with Gasteiger partial charge in [0.1, 0.15) is 4.60 Å². The number of fused-ring (bicyclic) bond motifs is 1. The Bertz CT molecular complexity index is 325. The van der Waals surface area contributed by atoms with Gasteiger partial charge in [0.25, 0.3) is 0 Å². The van der Waals surface area contributed by atoms with Crippen LogP contribution in [0, 0.1) is 6.92 Å². The van der Waals surface area contributed by atoms with Gasteiger partial charge >= 0.3 is 0 Å². The summed E-state index contributed by atoms with van der Waals surface area (Å²) in [5.41, 5.74) is 3.69. The average molecular weight is 241 g/mol. The van der Waals surface area contributed by atoms with Crippen molar-refractivity contribution in [2.24, 2.45) is 0 Å². The molecule has 1 aromatic rings. The fourth-order valence-electron chi connectivity index (χ4n) is 1.70. The maximum absolute atomic E-state index is 4.50. The molecule has 1 N–H and O–H groups in total. The average Bonchev–Trinajstić information content (AvgIpc) is 2.24. The van der Waals surface area contributed by atoms with Crippen LogP contribution in [-0.4, -0.2) is 10.5 Å². The van der Waals surface area contributed by atoms with Gasteiger partial charge in [0, 0.05) is 12.0 Å². The van der Waals surface area contributed by atoms with Gasteiger partial charge in [-0.2, -0.15) is 0 Å². The predicted octanol–water partition coefficient (Wildman–Crippen LogP) is 2.90. The van der Waals surface area contributed by atoms with Crippen molar-refractivity contribution >= 4 is 21.6 Å². The molecule has 0 radical (unpaired) electrons. The molecular weight excluding hydrogens is 228 g/mol. The molecule has 0 amide bonds. The summed E-state index contributed by atoms with van der Waals surface area (Å²) in [5.74, 6) is 0. The highest BCUT2D eigenvalue weighted by molar-refractivity contribution is 9.10. The lowest BCUT2D eigenvalue weighted by atomic mass is 10.0. The Balaban J connectivity index is 2.48. The standard InChI is InChI=1S/C10H13BrN2/c1-6-4-7-8(12-9(6)11)5-10(2,3)13-7/h4,13H,5H2,1-3H3. The number of anilines is 1. The molecule has 1 aromatic heterocycles. The molecule has 2 rings (SSSR count). The van der Waals surface area contributed by atoms with E-state index in [2.05, 4.69) is 53.1 Å². The van der Waals surface area contributed by atoms with Gasteiger partial charge in [-0.15, -0.1) is 0 Å². The number of pyridine rings is 1. The van der Waals surface area contributed by atoms with Crippen LogP contribution in [0.4, 0.5) is 5.69 Å². The van der Waals surface area contributed by atoms with E-state index in [1.54, 1.807) is 0 Å². The van der Waals surface area contributed by atoms with Crippen molar-refractivity contribution in [3.8, 4) is 0 Å². The first-order valence-corrected chi connectivity index (χ1v) is 5.21. The zero-order valence-corrected chi connectivity index (χ0v) is 9.70. The highest BCUT2D eigenvalue weighted by Gasteiger charge is 2.28. The molecule has 0 aliphatic carbocycles. The maximum Gasteiger partial charge on any atom is 0.109 e. The minimum Gasteiger partial charge on any atom is -0.378 e. The molecule has 0 unspecified atom stereocenters. The largest absolute Gasteiger partial charge is 0.378 e. The van der Waals surface area contributed by atoms with Crippen LogP contribution in [0.5, 0.6) is 0 Å². The minimum absolute atomic E-state index is 0.155. The van der Waals surface area contributed by atoms with Crippen molar-refractivity contribution in [2.75, 3.05) is 5.32 Å². The number of aromatic nitrogens is 1. The third-order valence-electron chi connectivity index (χ3n) is 2.31. The van der Waals surface area contributed by atoms with E-state index in [1.165, 1.54) is 16.9 Å². The summed E-state index contributed by atoms with van der Waals surface area (Å²) in [6.45, 7) is 6.44. The molecule has 2 nitrogen and oxygen atoms in total. The summed E-state index contributed by atoms with van der Waals surface area (Å²) in [7, 11) is 0. The summed E-state index contributed by atoms with van der Waals surface area (Å²) >= 11 is 3.45.